The molecule has 1 aliphatic rings. The minimum atomic E-state index is -4.83. The van der Waals surface area contributed by atoms with Gasteiger partial charge in [-0.15, -0.1) is 0 Å². The molecule has 1 fully saturated rings. The summed E-state index contributed by atoms with van der Waals surface area (Å²) in [5, 5.41) is 0. The first-order valence-electron chi connectivity index (χ1n) is 4.22. The van der Waals surface area contributed by atoms with E-state index in [1.54, 1.807) is 4.90 Å². The Morgan fingerprint density at radius 2 is 1.87 bits per heavy atom. The number of carbonyl (C=O) groups excluding carboxylic acids is 1. The first kappa shape index (κ1) is 12.5. The van der Waals surface area contributed by atoms with Crippen LogP contribution in [0.4, 0.5) is 13.2 Å². The quantitative estimate of drug-likeness (QED) is 0.724. The second-order valence-electron chi connectivity index (χ2n) is 2.95. The summed E-state index contributed by atoms with van der Waals surface area (Å²) >= 11 is 2.62. The third-order valence-corrected chi connectivity index (χ3v) is 2.38. The zero-order valence-corrected chi connectivity index (χ0v) is 9.27. The molecule has 0 aliphatic carbocycles. The van der Waals surface area contributed by atoms with E-state index in [4.69, 9.17) is 4.74 Å². The van der Waals surface area contributed by atoms with Crippen molar-refractivity contribution in [1.29, 1.82) is 0 Å². The predicted octanol–water partition coefficient (Wildman–Crippen LogP) is 1.69. The van der Waals surface area contributed by atoms with E-state index in [-0.39, 0.29) is 0 Å². The highest BCUT2D eigenvalue weighted by atomic mass is 79.9. The third-order valence-electron chi connectivity index (χ3n) is 1.82. The summed E-state index contributed by atoms with van der Waals surface area (Å²) in [5.74, 6) is -1.87. The summed E-state index contributed by atoms with van der Waals surface area (Å²) in [4.78, 5) is 12.3. The molecule has 7 heteroatoms. The van der Waals surface area contributed by atoms with Crippen molar-refractivity contribution in [3.05, 3.63) is 10.7 Å². The number of alkyl halides is 3. The van der Waals surface area contributed by atoms with E-state index < -0.39 is 16.4 Å². The molecule has 1 heterocycles. The van der Waals surface area contributed by atoms with Gasteiger partial charge in [-0.05, 0) is 15.9 Å². The first-order valence-corrected chi connectivity index (χ1v) is 5.01. The molecule has 3 nitrogen and oxygen atoms in total. The van der Waals surface area contributed by atoms with Crippen molar-refractivity contribution < 1.29 is 22.7 Å². The van der Waals surface area contributed by atoms with Crippen LogP contribution in [0.15, 0.2) is 10.7 Å². The molecule has 0 aromatic rings. The molecule has 1 rings (SSSR count). The van der Waals surface area contributed by atoms with Gasteiger partial charge in [-0.1, -0.05) is 0 Å². The number of nitrogens with zero attached hydrogens (tertiary/aromatic N) is 1. The number of rotatable bonds is 2. The van der Waals surface area contributed by atoms with Gasteiger partial charge in [0.25, 0.3) is 5.78 Å². The average Bonchev–Trinajstić information content (AvgIpc) is 2.16. The SMILES string of the molecule is O=C(/C(Br)=C/N1CCOCC1)C(F)(F)F. The molecule has 0 N–H and O–H groups in total. The van der Waals surface area contributed by atoms with E-state index in [2.05, 4.69) is 15.9 Å². The average molecular weight is 288 g/mol. The Kier molecular flexibility index (Phi) is 4.15. The minimum absolute atomic E-state index is 0.455. The number of hydrogen-bond donors (Lipinski definition) is 0. The number of allylic oxidation sites excluding steroid dienone is 1. The third kappa shape index (κ3) is 3.83. The van der Waals surface area contributed by atoms with Crippen LogP contribution >= 0.6 is 15.9 Å². The topological polar surface area (TPSA) is 29.5 Å². The number of morpholine rings is 1. The number of halogens is 4. The summed E-state index contributed by atoms with van der Waals surface area (Å²) in [7, 11) is 0. The highest BCUT2D eigenvalue weighted by Gasteiger charge is 2.40. The Balaban J connectivity index is 2.62. The zero-order valence-electron chi connectivity index (χ0n) is 7.68. The highest BCUT2D eigenvalue weighted by molar-refractivity contribution is 9.12. The van der Waals surface area contributed by atoms with Crippen LogP contribution in [-0.4, -0.2) is 43.2 Å². The summed E-state index contributed by atoms with van der Waals surface area (Å²) in [6.07, 6.45) is -3.67. The predicted molar refractivity (Wildman–Crippen MR) is 50.5 cm³/mol. The Bertz CT molecular complexity index is 272. The lowest BCUT2D eigenvalue weighted by molar-refractivity contribution is -0.165. The fourth-order valence-electron chi connectivity index (χ4n) is 1.06. The van der Waals surface area contributed by atoms with Gasteiger partial charge in [0.1, 0.15) is 0 Å². The van der Waals surface area contributed by atoms with Crippen molar-refractivity contribution in [2.45, 2.75) is 6.18 Å². The Labute approximate surface area is 93.0 Å². The second kappa shape index (κ2) is 4.98. The molecule has 0 bridgehead atoms. The van der Waals surface area contributed by atoms with Crippen LogP contribution in [0.25, 0.3) is 0 Å². The summed E-state index contributed by atoms with van der Waals surface area (Å²) in [5.41, 5.74) is 0. The van der Waals surface area contributed by atoms with Crippen LogP contribution in [-0.2, 0) is 9.53 Å². The first-order chi connectivity index (χ1) is 6.91. The molecule has 0 aromatic heterocycles. The van der Waals surface area contributed by atoms with E-state index >= 15 is 0 Å². The van der Waals surface area contributed by atoms with Gasteiger partial charge in [0, 0.05) is 19.3 Å². The molecule has 0 spiro atoms. The lowest BCUT2D eigenvalue weighted by atomic mass is 10.3. The van der Waals surface area contributed by atoms with Gasteiger partial charge >= 0.3 is 6.18 Å². The van der Waals surface area contributed by atoms with Crippen molar-refractivity contribution in [2.24, 2.45) is 0 Å². The maximum absolute atomic E-state index is 12.0. The zero-order chi connectivity index (χ0) is 11.5. The normalized spacial score (nSPS) is 19.2. The maximum atomic E-state index is 12.0. The molecule has 86 valence electrons. The highest BCUT2D eigenvalue weighted by Crippen LogP contribution is 2.24. The van der Waals surface area contributed by atoms with E-state index in [1.165, 1.54) is 6.20 Å². The molecule has 0 atom stereocenters. The molecule has 0 unspecified atom stereocenters. The number of Topliss-reactive ketones (excluding diaryl/α,β-unsaturated/α-hetero) is 1. The molecule has 1 saturated heterocycles. The van der Waals surface area contributed by atoms with Crippen LogP contribution in [0.2, 0.25) is 0 Å². The van der Waals surface area contributed by atoms with Crippen LogP contribution in [0.1, 0.15) is 0 Å². The summed E-state index contributed by atoms with van der Waals surface area (Å²) in [6, 6.07) is 0. The van der Waals surface area contributed by atoms with Crippen LogP contribution in [0.5, 0.6) is 0 Å². The number of carbonyl (C=O) groups is 1. The van der Waals surface area contributed by atoms with E-state index in [1.807, 2.05) is 0 Å². The Hall–Kier alpha value is -0.560. The van der Waals surface area contributed by atoms with E-state index in [0.29, 0.717) is 26.3 Å². The lowest BCUT2D eigenvalue weighted by Crippen LogP contribution is -2.33. The van der Waals surface area contributed by atoms with Gasteiger partial charge in [0.15, 0.2) is 0 Å². The van der Waals surface area contributed by atoms with Crippen LogP contribution < -0.4 is 0 Å². The van der Waals surface area contributed by atoms with Crippen molar-refractivity contribution in [3.63, 3.8) is 0 Å². The smallest absolute Gasteiger partial charge is 0.378 e. The largest absolute Gasteiger partial charge is 0.455 e. The molecule has 15 heavy (non-hydrogen) atoms. The Morgan fingerprint density at radius 1 is 1.33 bits per heavy atom. The van der Waals surface area contributed by atoms with Gasteiger partial charge in [-0.2, -0.15) is 13.2 Å². The molecular formula is C8H9BrF3NO2. The molecule has 1 aliphatic heterocycles. The summed E-state index contributed by atoms with van der Waals surface area (Å²) in [6.45, 7) is 1.88. The monoisotopic (exact) mass is 287 g/mol. The van der Waals surface area contributed by atoms with Crippen LogP contribution in [0.3, 0.4) is 0 Å². The summed E-state index contributed by atoms with van der Waals surface area (Å²) < 4.78 is 40.5. The molecule has 0 aromatic carbocycles. The number of ketones is 1. The van der Waals surface area contributed by atoms with E-state index in [9.17, 15) is 18.0 Å². The van der Waals surface area contributed by atoms with E-state index in [0.717, 1.165) is 0 Å². The maximum Gasteiger partial charge on any atom is 0.455 e. The van der Waals surface area contributed by atoms with Gasteiger partial charge in [-0.3, -0.25) is 4.79 Å². The Morgan fingerprint density at radius 3 is 2.33 bits per heavy atom. The number of ether oxygens (including phenoxy) is 1. The van der Waals surface area contributed by atoms with Crippen molar-refractivity contribution in [2.75, 3.05) is 26.3 Å². The standard InChI is InChI=1S/C8H9BrF3NO2/c9-6(7(14)8(10,11)12)5-13-1-3-15-4-2-13/h5H,1-4H2/b6-5-. The lowest BCUT2D eigenvalue weighted by Gasteiger charge is -2.25. The van der Waals surface area contributed by atoms with Gasteiger partial charge < -0.3 is 9.64 Å². The molecule has 0 amide bonds. The van der Waals surface area contributed by atoms with Crippen molar-refractivity contribution in [3.8, 4) is 0 Å². The van der Waals surface area contributed by atoms with Gasteiger partial charge in [0.2, 0.25) is 0 Å². The molecule has 0 saturated carbocycles. The van der Waals surface area contributed by atoms with Crippen molar-refractivity contribution >= 4 is 21.7 Å². The molecular weight excluding hydrogens is 279 g/mol. The number of hydrogen-bond acceptors (Lipinski definition) is 3. The van der Waals surface area contributed by atoms with Gasteiger partial charge in [-0.25, -0.2) is 0 Å². The fourth-order valence-corrected chi connectivity index (χ4v) is 1.58. The minimum Gasteiger partial charge on any atom is -0.378 e. The molecule has 0 radical (unpaired) electrons. The van der Waals surface area contributed by atoms with Gasteiger partial charge in [0.05, 0.1) is 17.7 Å². The second-order valence-corrected chi connectivity index (χ2v) is 3.81. The van der Waals surface area contributed by atoms with Crippen LogP contribution in [0, 0.1) is 0 Å². The fraction of sp³-hybridized carbons (Fsp3) is 0.625. The van der Waals surface area contributed by atoms with Crippen molar-refractivity contribution in [1.82, 2.24) is 4.90 Å².